The second kappa shape index (κ2) is 12.7. The van der Waals surface area contributed by atoms with Crippen molar-refractivity contribution in [3.63, 3.8) is 0 Å². The third-order valence-electron chi connectivity index (χ3n) is 8.81. The van der Waals surface area contributed by atoms with Gasteiger partial charge in [0.15, 0.2) is 0 Å². The summed E-state index contributed by atoms with van der Waals surface area (Å²) in [6.45, 7) is 2.90. The number of ether oxygens (including phenoxy) is 1. The number of nitriles is 1. The van der Waals surface area contributed by atoms with Crippen molar-refractivity contribution in [2.45, 2.75) is 32.1 Å². The van der Waals surface area contributed by atoms with Gasteiger partial charge in [-0.25, -0.2) is 19.3 Å². The van der Waals surface area contributed by atoms with E-state index in [9.17, 15) is 28.0 Å². The minimum Gasteiger partial charge on any atom is -0.466 e. The molecule has 13 heteroatoms. The van der Waals surface area contributed by atoms with E-state index in [1.54, 1.807) is 31.3 Å². The van der Waals surface area contributed by atoms with E-state index < -0.39 is 29.4 Å². The second-order valence-corrected chi connectivity index (χ2v) is 12.6. The average Bonchev–Trinajstić information content (AvgIpc) is 3.46. The highest BCUT2D eigenvalue weighted by Crippen LogP contribution is 2.43. The molecule has 0 radical (unpaired) electrons. The average molecular weight is 669 g/mol. The van der Waals surface area contributed by atoms with E-state index in [0.29, 0.717) is 35.1 Å². The summed E-state index contributed by atoms with van der Waals surface area (Å²) in [4.78, 5) is 32.8. The zero-order chi connectivity index (χ0) is 35.1. The Morgan fingerprint density at radius 1 is 1.08 bits per heavy atom. The van der Waals surface area contributed by atoms with Gasteiger partial charge in [0.25, 0.3) is 0 Å². The summed E-state index contributed by atoms with van der Waals surface area (Å²) in [5, 5.41) is 17.5. The summed E-state index contributed by atoms with van der Waals surface area (Å²) >= 11 is 0. The Labute approximate surface area is 279 Å². The van der Waals surface area contributed by atoms with E-state index in [0.717, 1.165) is 34.2 Å². The smallest absolute Gasteiger partial charge is 0.416 e. The maximum absolute atomic E-state index is 13.7. The minimum absolute atomic E-state index is 0.00306. The summed E-state index contributed by atoms with van der Waals surface area (Å²) in [6.07, 6.45) is -2.40. The lowest BCUT2D eigenvalue weighted by Crippen LogP contribution is -2.41. The molecule has 0 fully saturated rings. The fourth-order valence-electron chi connectivity index (χ4n) is 6.46. The normalized spacial score (nSPS) is 14.9. The molecule has 49 heavy (non-hydrogen) atoms. The number of aromatic amines is 1. The van der Waals surface area contributed by atoms with Gasteiger partial charge in [-0.05, 0) is 66.6 Å². The SMILES string of the molecule is COC(=O)C1=C(C)N(c2cccc(C(F)(F)F)c2)c2n[nH]c(=O)n2[C@@H]1c1ccc(C#N)cc1CC[N+](C)(C)Cc1ccc2ncccc2c1. The molecule has 1 aliphatic rings. The van der Waals surface area contributed by atoms with Gasteiger partial charge in [-0.1, -0.05) is 24.3 Å². The van der Waals surface area contributed by atoms with Crippen LogP contribution >= 0.6 is 0 Å². The number of esters is 1. The van der Waals surface area contributed by atoms with Crippen LogP contribution in [0.25, 0.3) is 10.9 Å². The summed E-state index contributed by atoms with van der Waals surface area (Å²) in [5.41, 5.74) is 2.46. The maximum atomic E-state index is 13.7. The molecule has 1 atom stereocenters. The molecule has 1 N–H and O–H groups in total. The number of methoxy groups -OCH3 is 1. The van der Waals surface area contributed by atoms with Crippen molar-refractivity contribution in [3.05, 3.63) is 129 Å². The quantitative estimate of drug-likeness (QED) is 0.159. The molecule has 0 amide bonds. The van der Waals surface area contributed by atoms with Crippen molar-refractivity contribution in [1.29, 1.82) is 5.26 Å². The Morgan fingerprint density at radius 2 is 1.88 bits per heavy atom. The number of hydrogen-bond donors (Lipinski definition) is 1. The van der Waals surface area contributed by atoms with Crippen molar-refractivity contribution < 1.29 is 27.2 Å². The molecule has 0 unspecified atom stereocenters. The van der Waals surface area contributed by atoms with Gasteiger partial charge in [0.1, 0.15) is 12.6 Å². The number of allylic oxidation sites excluding steroid dienone is 1. The van der Waals surface area contributed by atoms with Crippen molar-refractivity contribution in [2.24, 2.45) is 0 Å². The summed E-state index contributed by atoms with van der Waals surface area (Å²) < 4.78 is 48.2. The number of nitrogens with zero attached hydrogens (tertiary/aromatic N) is 6. The first-order valence-electron chi connectivity index (χ1n) is 15.4. The van der Waals surface area contributed by atoms with Gasteiger partial charge in [0.05, 0.1) is 56.0 Å². The topological polar surface area (TPSA) is 117 Å². The number of quaternary nitrogens is 1. The number of aromatic nitrogens is 4. The van der Waals surface area contributed by atoms with Crippen molar-refractivity contribution in [2.75, 3.05) is 32.6 Å². The first-order valence-corrected chi connectivity index (χ1v) is 15.4. The molecule has 250 valence electrons. The van der Waals surface area contributed by atoms with E-state index in [1.807, 2.05) is 18.2 Å². The van der Waals surface area contributed by atoms with Crippen LogP contribution in [0.5, 0.6) is 0 Å². The molecular weight excluding hydrogens is 635 g/mol. The van der Waals surface area contributed by atoms with Gasteiger partial charge >= 0.3 is 17.8 Å². The first-order chi connectivity index (χ1) is 23.3. The molecule has 0 bridgehead atoms. The van der Waals surface area contributed by atoms with Crippen LogP contribution < -0.4 is 10.6 Å². The molecule has 6 rings (SSSR count). The Balaban J connectivity index is 1.43. The van der Waals surface area contributed by atoms with E-state index >= 15 is 0 Å². The minimum atomic E-state index is -4.63. The number of hydrogen-bond acceptors (Lipinski definition) is 7. The number of anilines is 2. The van der Waals surface area contributed by atoms with Crippen LogP contribution in [0.1, 0.15) is 40.8 Å². The lowest BCUT2D eigenvalue weighted by Gasteiger charge is -2.36. The molecule has 5 aromatic rings. The number of likely N-dealkylation sites (N-methyl/N-ethyl adjacent to an activating group) is 1. The Kier molecular flexibility index (Phi) is 8.60. The molecule has 10 nitrogen and oxygen atoms in total. The van der Waals surface area contributed by atoms with E-state index in [1.165, 1.54) is 28.7 Å². The number of benzene rings is 3. The van der Waals surface area contributed by atoms with E-state index in [4.69, 9.17) is 4.74 Å². The number of fused-ring (bicyclic) bond motifs is 2. The number of carbonyl (C=O) groups excluding carboxylic acids is 1. The van der Waals surface area contributed by atoms with Crippen LogP contribution in [0.15, 0.2) is 95.1 Å². The van der Waals surface area contributed by atoms with E-state index in [-0.39, 0.29) is 22.9 Å². The lowest BCUT2D eigenvalue weighted by molar-refractivity contribution is -0.903. The van der Waals surface area contributed by atoms with E-state index in [2.05, 4.69) is 47.5 Å². The van der Waals surface area contributed by atoms with Gasteiger partial charge < -0.3 is 9.22 Å². The lowest BCUT2D eigenvalue weighted by atomic mass is 9.89. The van der Waals surface area contributed by atoms with Gasteiger partial charge in [-0.2, -0.15) is 18.4 Å². The molecule has 3 aromatic carbocycles. The Morgan fingerprint density at radius 3 is 2.61 bits per heavy atom. The third-order valence-corrected chi connectivity index (χ3v) is 8.81. The first kappa shape index (κ1) is 33.2. The van der Waals surface area contributed by atoms with Crippen molar-refractivity contribution in [1.82, 2.24) is 19.7 Å². The van der Waals surface area contributed by atoms with Crippen LogP contribution in [-0.2, 0) is 28.7 Å². The predicted molar refractivity (Wildman–Crippen MR) is 177 cm³/mol. The van der Waals surface area contributed by atoms with Crippen LogP contribution in [0.2, 0.25) is 0 Å². The maximum Gasteiger partial charge on any atom is 0.416 e. The Bertz CT molecular complexity index is 2210. The fourth-order valence-corrected chi connectivity index (χ4v) is 6.46. The largest absolute Gasteiger partial charge is 0.466 e. The molecule has 2 aromatic heterocycles. The zero-order valence-corrected chi connectivity index (χ0v) is 27.2. The molecule has 0 aliphatic carbocycles. The second-order valence-electron chi connectivity index (χ2n) is 12.6. The third kappa shape index (κ3) is 6.42. The van der Waals surface area contributed by atoms with Gasteiger partial charge in [0, 0.05) is 35.0 Å². The van der Waals surface area contributed by atoms with Gasteiger partial charge in [-0.3, -0.25) is 9.88 Å². The number of pyridine rings is 1. The highest BCUT2D eigenvalue weighted by atomic mass is 19.4. The summed E-state index contributed by atoms with van der Waals surface area (Å²) in [5.74, 6) is -0.771. The number of H-pyrrole nitrogens is 1. The van der Waals surface area contributed by atoms with Crippen LogP contribution in [0.4, 0.5) is 24.8 Å². The number of alkyl halides is 3. The molecule has 0 saturated carbocycles. The van der Waals surface area contributed by atoms with Crippen LogP contribution in [-0.4, -0.2) is 58.0 Å². The van der Waals surface area contributed by atoms with Gasteiger partial charge in [0.2, 0.25) is 5.95 Å². The van der Waals surface area contributed by atoms with Gasteiger partial charge in [-0.15, -0.1) is 5.10 Å². The fraction of sp³-hybridized carbons (Fsp3) is 0.250. The number of nitrogens with one attached hydrogen (secondary N) is 1. The van der Waals surface area contributed by atoms with Crippen molar-refractivity contribution in [3.8, 4) is 6.07 Å². The number of halogens is 3. The molecular formula is C36H33F3N7O3+. The molecule has 3 heterocycles. The zero-order valence-electron chi connectivity index (χ0n) is 27.2. The predicted octanol–water partition coefficient (Wildman–Crippen LogP) is 6.02. The van der Waals surface area contributed by atoms with Crippen molar-refractivity contribution >= 4 is 28.5 Å². The molecule has 1 aliphatic heterocycles. The highest BCUT2D eigenvalue weighted by molar-refractivity contribution is 5.93. The Hall–Kier alpha value is -5.74. The standard InChI is InChI=1S/C36H32F3N7O3/c1-22-31(33(47)49-4)32(45-34(42-43-35(45)48)44(22)28-9-5-8-27(19-28)36(37,38)39)29-12-10-23(20-40)17-25(29)14-16-46(2,3)21-24-11-13-30-26(18-24)7-6-15-41-30/h5-13,15,17-19,32H,14,16,21H2,1-4H3/p+1/t32-/m1/s1. The number of rotatable bonds is 8. The number of carbonyl (C=O) groups is 1. The van der Waals surface area contributed by atoms with Crippen LogP contribution in [0, 0.1) is 11.3 Å². The summed E-state index contributed by atoms with van der Waals surface area (Å²) in [7, 11) is 5.39. The summed E-state index contributed by atoms with van der Waals surface area (Å²) in [6, 6.07) is 20.8. The molecule has 0 saturated heterocycles. The molecule has 0 spiro atoms. The van der Waals surface area contributed by atoms with Crippen LogP contribution in [0.3, 0.4) is 0 Å². The monoisotopic (exact) mass is 668 g/mol. The highest BCUT2D eigenvalue weighted by Gasteiger charge is 2.41.